The lowest BCUT2D eigenvalue weighted by Gasteiger charge is -2.54. The van der Waals surface area contributed by atoms with Crippen LogP contribution in [0.15, 0.2) is 12.4 Å². The number of aromatic nitrogens is 2. The Hall–Kier alpha value is -0.870. The van der Waals surface area contributed by atoms with Gasteiger partial charge in [-0.2, -0.15) is 0 Å². The second-order valence-electron chi connectivity index (χ2n) is 4.05. The Kier molecular flexibility index (Phi) is 1.69. The number of halogens is 1. The molecule has 2 saturated heterocycles. The van der Waals surface area contributed by atoms with Gasteiger partial charge in [0.2, 0.25) is 5.95 Å². The van der Waals surface area contributed by atoms with Crippen LogP contribution in [0.4, 0.5) is 5.95 Å². The number of hydrogen-bond donors (Lipinski definition) is 0. The average Bonchev–Trinajstić information content (AvgIpc) is 2.03. The highest BCUT2D eigenvalue weighted by atomic mass is 35.5. The fraction of sp³-hybridized carbons (Fsp3) is 0.556. The van der Waals surface area contributed by atoms with Crippen LogP contribution in [0.3, 0.4) is 0 Å². The van der Waals surface area contributed by atoms with E-state index in [1.807, 2.05) is 0 Å². The van der Waals surface area contributed by atoms with Crippen molar-refractivity contribution in [2.75, 3.05) is 31.2 Å². The van der Waals surface area contributed by atoms with Gasteiger partial charge in [0.15, 0.2) is 0 Å². The first-order chi connectivity index (χ1) is 6.77. The van der Waals surface area contributed by atoms with Crippen molar-refractivity contribution < 1.29 is 4.74 Å². The number of anilines is 1. The first-order valence-electron chi connectivity index (χ1n) is 4.58. The molecule has 0 aromatic carbocycles. The first kappa shape index (κ1) is 8.44. The maximum absolute atomic E-state index is 5.71. The van der Waals surface area contributed by atoms with Crippen LogP contribution in [-0.4, -0.2) is 36.3 Å². The van der Waals surface area contributed by atoms with Crippen LogP contribution in [0.25, 0.3) is 0 Å². The van der Waals surface area contributed by atoms with E-state index >= 15 is 0 Å². The Morgan fingerprint density at radius 2 is 1.93 bits per heavy atom. The van der Waals surface area contributed by atoms with Gasteiger partial charge >= 0.3 is 0 Å². The third kappa shape index (κ3) is 1.18. The predicted octanol–water partition coefficient (Wildman–Crippen LogP) is 0.967. The minimum absolute atomic E-state index is 0.406. The van der Waals surface area contributed by atoms with Crippen molar-refractivity contribution in [1.29, 1.82) is 0 Å². The minimum atomic E-state index is 0.406. The van der Waals surface area contributed by atoms with E-state index in [9.17, 15) is 0 Å². The SMILES string of the molecule is Clc1cnc(N2CC3(COC3)C2)nc1. The van der Waals surface area contributed by atoms with E-state index in [0.717, 1.165) is 32.3 Å². The van der Waals surface area contributed by atoms with Crippen LogP contribution in [0.2, 0.25) is 5.02 Å². The topological polar surface area (TPSA) is 38.2 Å². The van der Waals surface area contributed by atoms with E-state index in [-0.39, 0.29) is 0 Å². The molecule has 0 atom stereocenters. The second kappa shape index (κ2) is 2.81. The average molecular weight is 212 g/mol. The summed E-state index contributed by atoms with van der Waals surface area (Å²) in [5.74, 6) is 0.770. The highest BCUT2D eigenvalue weighted by Gasteiger charge is 2.49. The fourth-order valence-electron chi connectivity index (χ4n) is 1.95. The van der Waals surface area contributed by atoms with Crippen LogP contribution in [-0.2, 0) is 4.74 Å². The Balaban J connectivity index is 1.70. The maximum Gasteiger partial charge on any atom is 0.225 e. The lowest BCUT2D eigenvalue weighted by Crippen LogP contribution is -2.66. The van der Waals surface area contributed by atoms with Crippen molar-refractivity contribution in [3.05, 3.63) is 17.4 Å². The van der Waals surface area contributed by atoms with E-state index in [2.05, 4.69) is 14.9 Å². The Morgan fingerprint density at radius 1 is 1.29 bits per heavy atom. The van der Waals surface area contributed by atoms with Gasteiger partial charge in [0.1, 0.15) is 0 Å². The zero-order valence-corrected chi connectivity index (χ0v) is 8.37. The van der Waals surface area contributed by atoms with Crippen molar-refractivity contribution in [1.82, 2.24) is 9.97 Å². The van der Waals surface area contributed by atoms with Crippen LogP contribution in [0.1, 0.15) is 0 Å². The van der Waals surface area contributed by atoms with Gasteiger partial charge in [0, 0.05) is 13.1 Å². The van der Waals surface area contributed by atoms with Gasteiger partial charge in [-0.15, -0.1) is 0 Å². The van der Waals surface area contributed by atoms with Crippen molar-refractivity contribution >= 4 is 17.5 Å². The lowest BCUT2D eigenvalue weighted by molar-refractivity contribution is -0.127. The third-order valence-electron chi connectivity index (χ3n) is 2.76. The number of nitrogens with zero attached hydrogens (tertiary/aromatic N) is 3. The van der Waals surface area contributed by atoms with Crippen LogP contribution >= 0.6 is 11.6 Å². The molecule has 0 amide bonds. The quantitative estimate of drug-likeness (QED) is 0.694. The van der Waals surface area contributed by atoms with Gasteiger partial charge in [0.05, 0.1) is 36.0 Å². The largest absolute Gasteiger partial charge is 0.380 e. The summed E-state index contributed by atoms with van der Waals surface area (Å²) in [5, 5.41) is 0.580. The Morgan fingerprint density at radius 3 is 2.43 bits per heavy atom. The molecule has 2 aliphatic heterocycles. The van der Waals surface area contributed by atoms with Crippen LogP contribution < -0.4 is 4.90 Å². The Labute approximate surface area is 86.9 Å². The standard InChI is InChI=1S/C9H10ClN3O/c10-7-1-11-8(12-2-7)13-3-9(4-13)5-14-6-9/h1-2H,3-6H2. The van der Waals surface area contributed by atoms with Gasteiger partial charge in [0.25, 0.3) is 0 Å². The van der Waals surface area contributed by atoms with E-state index in [0.29, 0.717) is 10.4 Å². The summed E-state index contributed by atoms with van der Waals surface area (Å²) in [4.78, 5) is 10.5. The van der Waals surface area contributed by atoms with E-state index in [4.69, 9.17) is 16.3 Å². The monoisotopic (exact) mass is 211 g/mol. The summed E-state index contributed by atoms with van der Waals surface area (Å²) < 4.78 is 5.19. The van der Waals surface area contributed by atoms with E-state index in [1.165, 1.54) is 0 Å². The van der Waals surface area contributed by atoms with E-state index < -0.39 is 0 Å². The molecular weight excluding hydrogens is 202 g/mol. The molecule has 0 N–H and O–H groups in total. The second-order valence-corrected chi connectivity index (χ2v) is 4.49. The maximum atomic E-state index is 5.71. The first-order valence-corrected chi connectivity index (χ1v) is 4.96. The summed E-state index contributed by atoms with van der Waals surface area (Å²) in [7, 11) is 0. The normalized spacial score (nSPS) is 23.1. The van der Waals surface area contributed by atoms with Gasteiger partial charge in [-0.1, -0.05) is 11.6 Å². The van der Waals surface area contributed by atoms with Gasteiger partial charge in [-0.25, -0.2) is 9.97 Å². The molecule has 0 unspecified atom stereocenters. The predicted molar refractivity (Wildman–Crippen MR) is 52.5 cm³/mol. The molecule has 5 heteroatoms. The van der Waals surface area contributed by atoms with E-state index in [1.54, 1.807) is 12.4 Å². The molecule has 74 valence electrons. The zero-order chi connectivity index (χ0) is 9.60. The van der Waals surface area contributed by atoms with Crippen LogP contribution in [0.5, 0.6) is 0 Å². The molecule has 0 saturated carbocycles. The van der Waals surface area contributed by atoms with Crippen molar-refractivity contribution in [3.8, 4) is 0 Å². The molecule has 1 spiro atoms. The smallest absolute Gasteiger partial charge is 0.225 e. The molecule has 0 radical (unpaired) electrons. The third-order valence-corrected chi connectivity index (χ3v) is 2.95. The lowest BCUT2D eigenvalue weighted by atomic mass is 9.78. The zero-order valence-electron chi connectivity index (χ0n) is 7.61. The van der Waals surface area contributed by atoms with Gasteiger partial charge < -0.3 is 9.64 Å². The van der Waals surface area contributed by atoms with Gasteiger partial charge in [-0.3, -0.25) is 0 Å². The Bertz CT molecular complexity index is 342. The summed E-state index contributed by atoms with van der Waals surface area (Å²) >= 11 is 5.71. The molecule has 1 aromatic rings. The summed E-state index contributed by atoms with van der Waals surface area (Å²) in [6.45, 7) is 3.79. The highest BCUT2D eigenvalue weighted by molar-refractivity contribution is 6.30. The van der Waals surface area contributed by atoms with Gasteiger partial charge in [-0.05, 0) is 0 Å². The molecule has 4 nitrogen and oxygen atoms in total. The molecule has 0 aliphatic carbocycles. The molecule has 2 fully saturated rings. The highest BCUT2D eigenvalue weighted by Crippen LogP contribution is 2.38. The van der Waals surface area contributed by atoms with Crippen molar-refractivity contribution in [2.45, 2.75) is 0 Å². The van der Waals surface area contributed by atoms with Crippen molar-refractivity contribution in [2.24, 2.45) is 5.41 Å². The molecule has 3 rings (SSSR count). The molecule has 3 heterocycles. The molecular formula is C9H10ClN3O. The molecule has 2 aliphatic rings. The van der Waals surface area contributed by atoms with Crippen LogP contribution in [0, 0.1) is 5.41 Å². The molecule has 1 aromatic heterocycles. The fourth-order valence-corrected chi connectivity index (χ4v) is 2.04. The number of hydrogen-bond acceptors (Lipinski definition) is 4. The summed E-state index contributed by atoms with van der Waals surface area (Å²) in [5.41, 5.74) is 0.406. The number of rotatable bonds is 1. The minimum Gasteiger partial charge on any atom is -0.380 e. The summed E-state index contributed by atoms with van der Waals surface area (Å²) in [6, 6.07) is 0. The molecule has 0 bridgehead atoms. The van der Waals surface area contributed by atoms with Crippen molar-refractivity contribution in [3.63, 3.8) is 0 Å². The molecule has 14 heavy (non-hydrogen) atoms. The summed E-state index contributed by atoms with van der Waals surface area (Å²) in [6.07, 6.45) is 3.26. The number of ether oxygens (including phenoxy) is 1.